The van der Waals surface area contributed by atoms with E-state index in [9.17, 15) is 0 Å². The number of benzene rings is 9. The van der Waals surface area contributed by atoms with E-state index in [1.807, 2.05) is 12.1 Å². The average Bonchev–Trinajstić information content (AvgIpc) is 3.86. The van der Waals surface area contributed by atoms with Crippen LogP contribution >= 0.6 is 0 Å². The minimum absolute atomic E-state index is 0.885. The molecule has 0 spiro atoms. The molecule has 0 bridgehead atoms. The van der Waals surface area contributed by atoms with Gasteiger partial charge < -0.3 is 13.9 Å². The Kier molecular flexibility index (Phi) is 8.31. The van der Waals surface area contributed by atoms with Crippen LogP contribution in [0.1, 0.15) is 18.4 Å². The van der Waals surface area contributed by atoms with Crippen molar-refractivity contribution in [3.8, 4) is 27.9 Å². The molecule has 0 unspecified atom stereocenters. The highest BCUT2D eigenvalue weighted by Gasteiger charge is 2.21. The van der Waals surface area contributed by atoms with Crippen molar-refractivity contribution in [2.75, 3.05) is 4.90 Å². The van der Waals surface area contributed by atoms with E-state index < -0.39 is 0 Å². The Morgan fingerprint density at radius 2 is 1.15 bits per heavy atom. The number of hydrogen-bond donors (Lipinski definition) is 0. The van der Waals surface area contributed by atoms with Gasteiger partial charge in [-0.1, -0.05) is 146 Å². The van der Waals surface area contributed by atoms with E-state index in [0.717, 1.165) is 63.1 Å². The zero-order valence-electron chi connectivity index (χ0n) is 33.5. The van der Waals surface area contributed by atoms with Crippen molar-refractivity contribution in [1.29, 1.82) is 0 Å². The van der Waals surface area contributed by atoms with Gasteiger partial charge in [-0.2, -0.15) is 0 Å². The first kappa shape index (κ1) is 35.1. The smallest absolute Gasteiger partial charge is 0.135 e. The molecule has 1 aliphatic carbocycles. The van der Waals surface area contributed by atoms with Crippen LogP contribution in [0.3, 0.4) is 0 Å². The van der Waals surface area contributed by atoms with Gasteiger partial charge in [0.25, 0.3) is 0 Å². The van der Waals surface area contributed by atoms with E-state index in [1.54, 1.807) is 0 Å². The van der Waals surface area contributed by atoms with E-state index in [1.165, 1.54) is 60.4 Å². The molecule has 3 nitrogen and oxygen atoms in total. The molecule has 12 rings (SSSR count). The molecule has 288 valence electrons. The summed E-state index contributed by atoms with van der Waals surface area (Å²) in [7, 11) is 0. The summed E-state index contributed by atoms with van der Waals surface area (Å²) in [6.07, 6.45) is 8.78. The number of nitrogens with zero attached hydrogens (tertiary/aromatic N) is 2. The monoisotopic (exact) mass is 780 g/mol. The molecule has 3 heteroatoms. The molecule has 0 fully saturated rings. The fraction of sp³-hybridized carbons (Fsp3) is 0.0345. The summed E-state index contributed by atoms with van der Waals surface area (Å²) in [6, 6.07) is 72.8. The predicted octanol–water partition coefficient (Wildman–Crippen LogP) is 16.4. The third kappa shape index (κ3) is 5.97. The molecule has 0 saturated carbocycles. The molecule has 2 aromatic heterocycles. The van der Waals surface area contributed by atoms with Gasteiger partial charge in [0.2, 0.25) is 0 Å². The standard InChI is InChI=1S/C58H40N2O/c1-3-15-39(16-4-1)42-21-13-22-46(35-42)59(47-33-34-57-52(38-47)50-24-10-12-28-56(50)61-57)45-31-29-41(30-32-45)58-48(40-17-5-2-6-18-40)25-14-27-54(58)60-53-26-11-9-23-49(53)51-36-43-19-7-8-20-44(43)37-55(51)60/h1-3,5-15,17-38H,4,16H2. The molecule has 0 atom stereocenters. The van der Waals surface area contributed by atoms with Crippen molar-refractivity contribution in [3.05, 3.63) is 224 Å². The molecule has 9 aromatic carbocycles. The van der Waals surface area contributed by atoms with Crippen LogP contribution in [0.15, 0.2) is 223 Å². The van der Waals surface area contributed by atoms with E-state index >= 15 is 0 Å². The van der Waals surface area contributed by atoms with Crippen molar-refractivity contribution in [2.45, 2.75) is 12.8 Å². The zero-order valence-corrected chi connectivity index (χ0v) is 33.5. The number of para-hydroxylation sites is 2. The maximum absolute atomic E-state index is 6.29. The van der Waals surface area contributed by atoms with Crippen molar-refractivity contribution >= 4 is 77.2 Å². The summed E-state index contributed by atoms with van der Waals surface area (Å²) in [4.78, 5) is 2.38. The molecule has 0 saturated heterocycles. The molecule has 2 heterocycles. The van der Waals surface area contributed by atoms with Crippen LogP contribution in [0.25, 0.3) is 88.0 Å². The number of aromatic nitrogens is 1. The van der Waals surface area contributed by atoms with E-state index in [0.29, 0.717) is 0 Å². The lowest BCUT2D eigenvalue weighted by molar-refractivity contribution is 0.669. The number of anilines is 3. The summed E-state index contributed by atoms with van der Waals surface area (Å²) in [5.41, 5.74) is 15.9. The Bertz CT molecular complexity index is 3530. The summed E-state index contributed by atoms with van der Waals surface area (Å²) in [6.45, 7) is 0. The summed E-state index contributed by atoms with van der Waals surface area (Å²) in [5.74, 6) is 0. The second kappa shape index (κ2) is 14.4. The highest BCUT2D eigenvalue weighted by molar-refractivity contribution is 6.14. The zero-order chi connectivity index (χ0) is 40.3. The normalized spacial score (nSPS) is 12.8. The molecular weight excluding hydrogens is 741 g/mol. The minimum Gasteiger partial charge on any atom is -0.456 e. The number of hydrogen-bond acceptors (Lipinski definition) is 2. The first-order valence-electron chi connectivity index (χ1n) is 21.1. The van der Waals surface area contributed by atoms with Crippen LogP contribution in [-0.4, -0.2) is 4.57 Å². The SMILES string of the molecule is C1=CCCC(c2cccc(N(c3ccc(-c4c(-c5ccccc5)cccc4-n4c5ccccc5c5cc6ccccc6cc54)cc3)c3ccc4oc5ccccc5c4c3)c2)=C1. The number of fused-ring (bicyclic) bond motifs is 7. The fourth-order valence-electron chi connectivity index (χ4n) is 9.57. The summed E-state index contributed by atoms with van der Waals surface area (Å²) in [5, 5.41) is 7.19. The number of allylic oxidation sites excluding steroid dienone is 4. The minimum atomic E-state index is 0.885. The summed E-state index contributed by atoms with van der Waals surface area (Å²) < 4.78 is 8.77. The Balaban J connectivity index is 1.06. The quantitative estimate of drug-likeness (QED) is 0.161. The molecule has 0 aliphatic heterocycles. The van der Waals surface area contributed by atoms with Crippen molar-refractivity contribution in [3.63, 3.8) is 0 Å². The number of rotatable bonds is 7. The molecule has 0 amide bonds. The lowest BCUT2D eigenvalue weighted by atomic mass is 9.92. The van der Waals surface area contributed by atoms with Gasteiger partial charge >= 0.3 is 0 Å². The average molecular weight is 781 g/mol. The fourth-order valence-corrected chi connectivity index (χ4v) is 9.57. The first-order valence-corrected chi connectivity index (χ1v) is 21.1. The van der Waals surface area contributed by atoms with Crippen molar-refractivity contribution in [1.82, 2.24) is 4.57 Å². The predicted molar refractivity (Wildman–Crippen MR) is 257 cm³/mol. The highest BCUT2D eigenvalue weighted by atomic mass is 16.3. The topological polar surface area (TPSA) is 21.3 Å². The summed E-state index contributed by atoms with van der Waals surface area (Å²) >= 11 is 0. The van der Waals surface area contributed by atoms with Crippen molar-refractivity contribution in [2.24, 2.45) is 0 Å². The van der Waals surface area contributed by atoms with E-state index in [-0.39, 0.29) is 0 Å². The van der Waals surface area contributed by atoms with Gasteiger partial charge in [-0.3, -0.25) is 0 Å². The third-order valence-corrected chi connectivity index (χ3v) is 12.4. The second-order valence-electron chi connectivity index (χ2n) is 16.0. The van der Waals surface area contributed by atoms with E-state index in [4.69, 9.17) is 4.42 Å². The lowest BCUT2D eigenvalue weighted by Crippen LogP contribution is -2.10. The van der Waals surface area contributed by atoms with E-state index in [2.05, 4.69) is 216 Å². The van der Waals surface area contributed by atoms with Gasteiger partial charge in [0.1, 0.15) is 11.2 Å². The maximum Gasteiger partial charge on any atom is 0.135 e. The lowest BCUT2D eigenvalue weighted by Gasteiger charge is -2.27. The Morgan fingerprint density at radius 1 is 0.443 bits per heavy atom. The highest BCUT2D eigenvalue weighted by Crippen LogP contribution is 2.44. The molecule has 0 radical (unpaired) electrons. The van der Waals surface area contributed by atoms with Crippen LogP contribution in [0.2, 0.25) is 0 Å². The molecule has 1 aliphatic rings. The third-order valence-electron chi connectivity index (χ3n) is 12.4. The Morgan fingerprint density at radius 3 is 2.00 bits per heavy atom. The number of furan rings is 1. The Hall–Kier alpha value is -7.88. The van der Waals surface area contributed by atoms with Crippen LogP contribution in [-0.2, 0) is 0 Å². The van der Waals surface area contributed by atoms with Crippen molar-refractivity contribution < 1.29 is 4.42 Å². The van der Waals surface area contributed by atoms with Gasteiger partial charge in [0, 0.05) is 44.2 Å². The second-order valence-corrected chi connectivity index (χ2v) is 16.0. The van der Waals surface area contributed by atoms with Crippen LogP contribution < -0.4 is 4.90 Å². The first-order chi connectivity index (χ1) is 30.2. The van der Waals surface area contributed by atoms with Gasteiger partial charge in [0.15, 0.2) is 0 Å². The maximum atomic E-state index is 6.29. The van der Waals surface area contributed by atoms with Gasteiger partial charge in [-0.15, -0.1) is 0 Å². The largest absolute Gasteiger partial charge is 0.456 e. The molecule has 0 N–H and O–H groups in total. The molecular formula is C58H40N2O. The van der Waals surface area contributed by atoms with Crippen LogP contribution in [0.4, 0.5) is 17.1 Å². The van der Waals surface area contributed by atoms with Crippen LogP contribution in [0.5, 0.6) is 0 Å². The van der Waals surface area contributed by atoms with Gasteiger partial charge in [0.05, 0.1) is 16.7 Å². The van der Waals surface area contributed by atoms with Gasteiger partial charge in [-0.25, -0.2) is 0 Å². The van der Waals surface area contributed by atoms with Crippen LogP contribution in [0, 0.1) is 0 Å². The molecule has 61 heavy (non-hydrogen) atoms. The van der Waals surface area contributed by atoms with Gasteiger partial charge in [-0.05, 0) is 124 Å². The Labute approximate surface area is 354 Å². The molecule has 11 aromatic rings.